The SMILES string of the molecule is COc1ccc(N)cc1C(=O)N(C)C(C)(C)CO. The molecule has 0 aliphatic heterocycles. The van der Waals surface area contributed by atoms with Crippen molar-refractivity contribution in [2.75, 3.05) is 26.5 Å². The summed E-state index contributed by atoms with van der Waals surface area (Å²) in [4.78, 5) is 13.8. The zero-order valence-electron chi connectivity index (χ0n) is 11.2. The second kappa shape index (κ2) is 5.27. The number of aliphatic hydroxyl groups is 1. The molecule has 3 N–H and O–H groups in total. The van der Waals surface area contributed by atoms with Crippen molar-refractivity contribution in [2.45, 2.75) is 19.4 Å². The van der Waals surface area contributed by atoms with E-state index in [0.717, 1.165) is 0 Å². The molecule has 0 aromatic heterocycles. The molecule has 0 spiro atoms. The third-order valence-corrected chi connectivity index (χ3v) is 3.05. The summed E-state index contributed by atoms with van der Waals surface area (Å²) in [5.41, 5.74) is 5.92. The van der Waals surface area contributed by atoms with E-state index in [1.54, 1.807) is 39.1 Å². The number of nitrogens with zero attached hydrogens (tertiary/aromatic N) is 1. The third kappa shape index (κ3) is 2.73. The van der Waals surface area contributed by atoms with Gasteiger partial charge in [0.15, 0.2) is 0 Å². The van der Waals surface area contributed by atoms with Crippen molar-refractivity contribution in [3.63, 3.8) is 0 Å². The molecule has 0 fully saturated rings. The number of anilines is 1. The van der Waals surface area contributed by atoms with E-state index in [2.05, 4.69) is 0 Å². The Morgan fingerprint density at radius 2 is 2.11 bits per heavy atom. The fourth-order valence-electron chi connectivity index (χ4n) is 1.45. The van der Waals surface area contributed by atoms with Gasteiger partial charge in [0, 0.05) is 12.7 Å². The van der Waals surface area contributed by atoms with Crippen LogP contribution in [0.1, 0.15) is 24.2 Å². The highest BCUT2D eigenvalue weighted by molar-refractivity contribution is 5.98. The molecular weight excluding hydrogens is 232 g/mol. The predicted octanol–water partition coefficient (Wildman–Crippen LogP) is 1.12. The van der Waals surface area contributed by atoms with Gasteiger partial charge in [-0.25, -0.2) is 0 Å². The minimum Gasteiger partial charge on any atom is -0.496 e. The van der Waals surface area contributed by atoms with E-state index in [9.17, 15) is 9.90 Å². The Hall–Kier alpha value is -1.75. The summed E-state index contributed by atoms with van der Waals surface area (Å²) in [5, 5.41) is 9.29. The van der Waals surface area contributed by atoms with Crippen molar-refractivity contribution >= 4 is 11.6 Å². The van der Waals surface area contributed by atoms with Crippen LogP contribution < -0.4 is 10.5 Å². The molecule has 1 aromatic carbocycles. The number of hydrogen-bond acceptors (Lipinski definition) is 4. The fraction of sp³-hybridized carbons (Fsp3) is 0.462. The maximum absolute atomic E-state index is 12.4. The number of methoxy groups -OCH3 is 1. The van der Waals surface area contributed by atoms with E-state index >= 15 is 0 Å². The number of benzene rings is 1. The van der Waals surface area contributed by atoms with Crippen molar-refractivity contribution < 1.29 is 14.6 Å². The number of nitrogens with two attached hydrogens (primary N) is 1. The molecule has 0 heterocycles. The van der Waals surface area contributed by atoms with Gasteiger partial charge in [-0.05, 0) is 32.0 Å². The second-order valence-electron chi connectivity index (χ2n) is 4.79. The van der Waals surface area contributed by atoms with Crippen LogP contribution in [0.5, 0.6) is 5.75 Å². The number of hydrogen-bond donors (Lipinski definition) is 2. The van der Waals surface area contributed by atoms with Crippen LogP contribution in [0.25, 0.3) is 0 Å². The average molecular weight is 252 g/mol. The Labute approximate surface area is 107 Å². The highest BCUT2D eigenvalue weighted by Gasteiger charge is 2.29. The highest BCUT2D eigenvalue weighted by Crippen LogP contribution is 2.24. The molecule has 0 radical (unpaired) electrons. The Balaban J connectivity index is 3.14. The van der Waals surface area contributed by atoms with Gasteiger partial charge < -0.3 is 20.5 Å². The Kier molecular flexibility index (Phi) is 4.19. The molecule has 0 aliphatic rings. The second-order valence-corrected chi connectivity index (χ2v) is 4.79. The molecule has 1 rings (SSSR count). The largest absolute Gasteiger partial charge is 0.496 e. The van der Waals surface area contributed by atoms with Gasteiger partial charge in [-0.1, -0.05) is 0 Å². The van der Waals surface area contributed by atoms with Gasteiger partial charge in [0.05, 0.1) is 24.8 Å². The molecule has 0 saturated heterocycles. The number of likely N-dealkylation sites (N-methyl/N-ethyl adjacent to an activating group) is 1. The normalized spacial score (nSPS) is 11.2. The van der Waals surface area contributed by atoms with Crippen LogP contribution in [-0.4, -0.2) is 42.2 Å². The van der Waals surface area contributed by atoms with E-state index in [1.165, 1.54) is 12.0 Å². The molecule has 0 unspecified atom stereocenters. The summed E-state index contributed by atoms with van der Waals surface area (Å²) in [6.45, 7) is 3.44. The maximum Gasteiger partial charge on any atom is 0.257 e. The lowest BCUT2D eigenvalue weighted by Crippen LogP contribution is -2.47. The van der Waals surface area contributed by atoms with E-state index in [-0.39, 0.29) is 12.5 Å². The van der Waals surface area contributed by atoms with Crippen LogP contribution in [0.4, 0.5) is 5.69 Å². The molecule has 5 nitrogen and oxygen atoms in total. The number of carbonyl (C=O) groups excluding carboxylic acids is 1. The van der Waals surface area contributed by atoms with Gasteiger partial charge in [-0.15, -0.1) is 0 Å². The van der Waals surface area contributed by atoms with E-state index in [1.807, 2.05) is 0 Å². The summed E-state index contributed by atoms with van der Waals surface area (Å²) < 4.78 is 5.15. The lowest BCUT2D eigenvalue weighted by Gasteiger charge is -2.34. The van der Waals surface area contributed by atoms with Gasteiger partial charge in [0.1, 0.15) is 5.75 Å². The van der Waals surface area contributed by atoms with Crippen molar-refractivity contribution in [1.29, 1.82) is 0 Å². The summed E-state index contributed by atoms with van der Waals surface area (Å²) in [7, 11) is 3.14. The smallest absolute Gasteiger partial charge is 0.257 e. The van der Waals surface area contributed by atoms with Crippen LogP contribution in [0.2, 0.25) is 0 Å². The lowest BCUT2D eigenvalue weighted by atomic mass is 10.0. The first-order valence-electron chi connectivity index (χ1n) is 5.66. The first-order chi connectivity index (χ1) is 8.33. The molecule has 0 saturated carbocycles. The van der Waals surface area contributed by atoms with E-state index in [0.29, 0.717) is 17.0 Å². The molecule has 100 valence electrons. The minimum absolute atomic E-state index is 0.125. The average Bonchev–Trinajstić information content (AvgIpc) is 2.36. The Morgan fingerprint density at radius 3 is 2.61 bits per heavy atom. The first kappa shape index (κ1) is 14.3. The van der Waals surface area contributed by atoms with Crippen molar-refractivity contribution in [1.82, 2.24) is 4.90 Å². The quantitative estimate of drug-likeness (QED) is 0.787. The third-order valence-electron chi connectivity index (χ3n) is 3.05. The number of aliphatic hydroxyl groups excluding tert-OH is 1. The molecule has 18 heavy (non-hydrogen) atoms. The van der Waals surface area contributed by atoms with Crippen molar-refractivity contribution in [3.05, 3.63) is 23.8 Å². The molecule has 1 amide bonds. The zero-order chi connectivity index (χ0) is 13.9. The zero-order valence-corrected chi connectivity index (χ0v) is 11.2. The van der Waals surface area contributed by atoms with Gasteiger partial charge >= 0.3 is 0 Å². The number of rotatable bonds is 4. The summed E-state index contributed by atoms with van der Waals surface area (Å²) in [5.74, 6) is 0.230. The molecule has 0 aliphatic carbocycles. The van der Waals surface area contributed by atoms with Gasteiger partial charge in [0.25, 0.3) is 5.91 Å². The topological polar surface area (TPSA) is 75.8 Å². The predicted molar refractivity (Wildman–Crippen MR) is 70.7 cm³/mol. The van der Waals surface area contributed by atoms with Crippen LogP contribution in [0.3, 0.4) is 0 Å². The van der Waals surface area contributed by atoms with Crippen molar-refractivity contribution in [2.24, 2.45) is 0 Å². The fourth-order valence-corrected chi connectivity index (χ4v) is 1.45. The minimum atomic E-state index is -0.646. The number of ether oxygens (including phenoxy) is 1. The Morgan fingerprint density at radius 1 is 1.50 bits per heavy atom. The molecule has 1 aromatic rings. The van der Waals surface area contributed by atoms with Crippen LogP contribution in [-0.2, 0) is 0 Å². The van der Waals surface area contributed by atoms with Crippen molar-refractivity contribution in [3.8, 4) is 5.75 Å². The molecule has 0 atom stereocenters. The molecular formula is C13H20N2O3. The van der Waals surface area contributed by atoms with Crippen LogP contribution in [0, 0.1) is 0 Å². The molecule has 0 bridgehead atoms. The summed E-state index contributed by atoms with van der Waals surface area (Å²) in [6, 6.07) is 4.90. The maximum atomic E-state index is 12.4. The number of carbonyl (C=O) groups is 1. The monoisotopic (exact) mass is 252 g/mol. The molecule has 5 heteroatoms. The lowest BCUT2D eigenvalue weighted by molar-refractivity contribution is 0.0470. The van der Waals surface area contributed by atoms with Crippen LogP contribution >= 0.6 is 0 Å². The number of nitrogen functional groups attached to an aromatic ring is 1. The standard InChI is InChI=1S/C13H20N2O3/c1-13(2,8-16)15(3)12(17)10-7-9(14)5-6-11(10)18-4/h5-7,16H,8,14H2,1-4H3. The highest BCUT2D eigenvalue weighted by atomic mass is 16.5. The van der Waals surface area contributed by atoms with Gasteiger partial charge in [-0.3, -0.25) is 4.79 Å². The Bertz CT molecular complexity index is 444. The first-order valence-corrected chi connectivity index (χ1v) is 5.66. The number of amides is 1. The van der Waals surface area contributed by atoms with E-state index in [4.69, 9.17) is 10.5 Å². The summed E-state index contributed by atoms with van der Waals surface area (Å²) in [6.07, 6.45) is 0. The van der Waals surface area contributed by atoms with Crippen LogP contribution in [0.15, 0.2) is 18.2 Å². The van der Waals surface area contributed by atoms with Gasteiger partial charge in [0.2, 0.25) is 0 Å². The summed E-state index contributed by atoms with van der Waals surface area (Å²) >= 11 is 0. The van der Waals surface area contributed by atoms with E-state index < -0.39 is 5.54 Å². The van der Waals surface area contributed by atoms with Gasteiger partial charge in [-0.2, -0.15) is 0 Å².